The fourth-order valence-electron chi connectivity index (χ4n) is 1.86. The van der Waals surface area contributed by atoms with E-state index >= 15 is 0 Å². The highest BCUT2D eigenvalue weighted by atomic mass is 32.2. The maximum Gasteiger partial charge on any atom is 0.260 e. The van der Waals surface area contributed by atoms with Crippen LogP contribution in [0.25, 0.3) is 0 Å². The molecule has 0 aliphatic carbocycles. The van der Waals surface area contributed by atoms with Crippen LogP contribution in [0, 0.1) is 0 Å². The molecule has 108 valence electrons. The van der Waals surface area contributed by atoms with Crippen LogP contribution < -0.4 is 5.73 Å². The zero-order valence-corrected chi connectivity index (χ0v) is 11.9. The van der Waals surface area contributed by atoms with E-state index in [1.54, 1.807) is 0 Å². The molecule has 0 fully saturated rings. The van der Waals surface area contributed by atoms with Crippen molar-refractivity contribution in [3.8, 4) is 0 Å². The maximum atomic E-state index is 12.5. The third-order valence-corrected chi connectivity index (χ3v) is 4.68. The molecule has 0 amide bonds. The summed E-state index contributed by atoms with van der Waals surface area (Å²) in [6, 6.07) is 10.9. The summed E-state index contributed by atoms with van der Waals surface area (Å²) in [5.41, 5.74) is 6.43. The number of nitrogens with two attached hydrogens (primary N) is 1. The van der Waals surface area contributed by atoms with Gasteiger partial charge in [-0.25, -0.2) is 8.42 Å². The van der Waals surface area contributed by atoms with Gasteiger partial charge in [-0.05, 0) is 24.6 Å². The summed E-state index contributed by atoms with van der Waals surface area (Å²) in [6.45, 7) is 1.15. The van der Waals surface area contributed by atoms with Crippen LogP contribution in [-0.4, -0.2) is 36.0 Å². The van der Waals surface area contributed by atoms with Gasteiger partial charge in [-0.2, -0.15) is 9.40 Å². The molecule has 0 atom stereocenters. The average molecular weight is 294 g/mol. The molecule has 0 saturated heterocycles. The van der Waals surface area contributed by atoms with Crippen molar-refractivity contribution in [2.45, 2.75) is 18.0 Å². The Morgan fingerprint density at radius 3 is 2.55 bits per heavy atom. The molecule has 1 aromatic carbocycles. The van der Waals surface area contributed by atoms with E-state index in [2.05, 4.69) is 10.2 Å². The van der Waals surface area contributed by atoms with Crippen LogP contribution in [0.5, 0.6) is 0 Å². The number of aromatic amines is 1. The highest BCUT2D eigenvalue weighted by molar-refractivity contribution is 7.89. The highest BCUT2D eigenvalue weighted by Gasteiger charge is 2.25. The number of aromatic nitrogens is 2. The summed E-state index contributed by atoms with van der Waals surface area (Å²) in [5.74, 6) is 0. The van der Waals surface area contributed by atoms with Crippen LogP contribution in [0.2, 0.25) is 0 Å². The van der Waals surface area contributed by atoms with E-state index in [9.17, 15) is 8.42 Å². The lowest BCUT2D eigenvalue weighted by molar-refractivity contribution is 0.400. The first kappa shape index (κ1) is 14.7. The Balaban J connectivity index is 2.23. The molecule has 6 nitrogen and oxygen atoms in total. The molecule has 2 aromatic rings. The third-order valence-electron chi connectivity index (χ3n) is 2.91. The number of hydrogen-bond donors (Lipinski definition) is 2. The molecular formula is C13H18N4O2S. The molecule has 2 rings (SSSR count). The van der Waals surface area contributed by atoms with Gasteiger partial charge in [-0.3, -0.25) is 5.10 Å². The van der Waals surface area contributed by atoms with Gasteiger partial charge in [0, 0.05) is 13.1 Å². The van der Waals surface area contributed by atoms with Crippen molar-refractivity contribution >= 4 is 10.0 Å². The van der Waals surface area contributed by atoms with Crippen molar-refractivity contribution in [1.29, 1.82) is 0 Å². The molecule has 20 heavy (non-hydrogen) atoms. The summed E-state index contributed by atoms with van der Waals surface area (Å²) < 4.78 is 26.5. The first-order valence-electron chi connectivity index (χ1n) is 6.38. The van der Waals surface area contributed by atoms with Gasteiger partial charge in [-0.15, -0.1) is 0 Å². The summed E-state index contributed by atoms with van der Waals surface area (Å²) >= 11 is 0. The van der Waals surface area contributed by atoms with E-state index in [-0.39, 0.29) is 5.03 Å². The van der Waals surface area contributed by atoms with Crippen molar-refractivity contribution in [2.75, 3.05) is 13.1 Å². The van der Waals surface area contributed by atoms with Crippen LogP contribution >= 0.6 is 0 Å². The molecule has 3 N–H and O–H groups in total. The summed E-state index contributed by atoms with van der Waals surface area (Å²) in [6.07, 6.45) is 2.04. The molecule has 0 spiro atoms. The standard InChI is InChI=1S/C13H18N4O2S/c14-8-4-10-17(11-12-5-2-1-3-6-12)20(18,19)13-7-9-15-16-13/h1-3,5-7,9H,4,8,10-11,14H2,(H,15,16). The Morgan fingerprint density at radius 2 is 1.95 bits per heavy atom. The number of nitrogens with zero attached hydrogens (tertiary/aromatic N) is 2. The van der Waals surface area contributed by atoms with Gasteiger partial charge >= 0.3 is 0 Å². The molecule has 7 heteroatoms. The lowest BCUT2D eigenvalue weighted by atomic mass is 10.2. The molecule has 0 saturated carbocycles. The molecule has 1 aromatic heterocycles. The minimum atomic E-state index is -3.57. The zero-order valence-electron chi connectivity index (χ0n) is 11.1. The Bertz CT molecular complexity index is 611. The molecule has 1 heterocycles. The lowest BCUT2D eigenvalue weighted by Crippen LogP contribution is -2.32. The van der Waals surface area contributed by atoms with Gasteiger partial charge in [0.15, 0.2) is 5.03 Å². The minimum Gasteiger partial charge on any atom is -0.330 e. The fraction of sp³-hybridized carbons (Fsp3) is 0.308. The summed E-state index contributed by atoms with van der Waals surface area (Å²) in [5, 5.41) is 6.31. The maximum absolute atomic E-state index is 12.5. The fourth-order valence-corrected chi connectivity index (χ4v) is 3.23. The van der Waals surface area contributed by atoms with E-state index in [0.29, 0.717) is 26.1 Å². The number of sulfonamides is 1. The van der Waals surface area contributed by atoms with Crippen molar-refractivity contribution in [3.05, 3.63) is 48.2 Å². The van der Waals surface area contributed by atoms with E-state index in [0.717, 1.165) is 5.56 Å². The smallest absolute Gasteiger partial charge is 0.260 e. The van der Waals surface area contributed by atoms with E-state index < -0.39 is 10.0 Å². The van der Waals surface area contributed by atoms with Gasteiger partial charge in [0.1, 0.15) is 0 Å². The predicted octanol–water partition coefficient (Wildman–Crippen LogP) is 0.949. The largest absolute Gasteiger partial charge is 0.330 e. The number of hydrogen-bond acceptors (Lipinski definition) is 4. The Morgan fingerprint density at radius 1 is 1.20 bits per heavy atom. The van der Waals surface area contributed by atoms with Crippen LogP contribution in [-0.2, 0) is 16.6 Å². The van der Waals surface area contributed by atoms with Crippen LogP contribution in [0.15, 0.2) is 47.6 Å². The second-order valence-corrected chi connectivity index (χ2v) is 6.29. The second-order valence-electron chi connectivity index (χ2n) is 4.39. The average Bonchev–Trinajstić information content (AvgIpc) is 2.99. The van der Waals surface area contributed by atoms with Crippen molar-refractivity contribution < 1.29 is 8.42 Å². The number of nitrogens with one attached hydrogen (secondary N) is 1. The molecule has 0 aliphatic rings. The van der Waals surface area contributed by atoms with Crippen molar-refractivity contribution in [2.24, 2.45) is 5.73 Å². The van der Waals surface area contributed by atoms with Crippen molar-refractivity contribution in [3.63, 3.8) is 0 Å². The van der Waals surface area contributed by atoms with Gasteiger partial charge in [-0.1, -0.05) is 30.3 Å². The monoisotopic (exact) mass is 294 g/mol. The highest BCUT2D eigenvalue weighted by Crippen LogP contribution is 2.16. The number of benzene rings is 1. The van der Waals surface area contributed by atoms with E-state index in [1.807, 2.05) is 30.3 Å². The third kappa shape index (κ3) is 3.44. The van der Waals surface area contributed by atoms with Gasteiger partial charge in [0.2, 0.25) is 0 Å². The Hall–Kier alpha value is -1.70. The van der Waals surface area contributed by atoms with Gasteiger partial charge in [0.05, 0.1) is 6.20 Å². The molecule has 0 radical (unpaired) electrons. The molecular weight excluding hydrogens is 276 g/mol. The van der Waals surface area contributed by atoms with Crippen LogP contribution in [0.3, 0.4) is 0 Å². The van der Waals surface area contributed by atoms with Gasteiger partial charge < -0.3 is 5.73 Å². The predicted molar refractivity (Wildman–Crippen MR) is 76.3 cm³/mol. The summed E-state index contributed by atoms with van der Waals surface area (Å²) in [4.78, 5) is 0. The first-order valence-corrected chi connectivity index (χ1v) is 7.82. The second kappa shape index (κ2) is 6.65. The topological polar surface area (TPSA) is 92.1 Å². The minimum absolute atomic E-state index is 0.102. The van der Waals surface area contributed by atoms with Gasteiger partial charge in [0.25, 0.3) is 10.0 Å². The molecule has 0 unspecified atom stereocenters. The summed E-state index contributed by atoms with van der Waals surface area (Å²) in [7, 11) is -3.57. The SMILES string of the molecule is NCCCN(Cc1ccccc1)S(=O)(=O)c1ccn[nH]1. The number of rotatable bonds is 7. The van der Waals surface area contributed by atoms with Crippen molar-refractivity contribution in [1.82, 2.24) is 14.5 Å². The van der Waals surface area contributed by atoms with Crippen LogP contribution in [0.1, 0.15) is 12.0 Å². The Kier molecular flexibility index (Phi) is 4.89. The molecule has 0 bridgehead atoms. The molecule has 0 aliphatic heterocycles. The first-order chi connectivity index (χ1) is 9.64. The normalized spacial score (nSPS) is 11.9. The van der Waals surface area contributed by atoms with E-state index in [4.69, 9.17) is 5.73 Å². The lowest BCUT2D eigenvalue weighted by Gasteiger charge is -2.21. The van der Waals surface area contributed by atoms with Crippen LogP contribution in [0.4, 0.5) is 0 Å². The zero-order chi connectivity index (χ0) is 14.4. The number of H-pyrrole nitrogens is 1. The van der Waals surface area contributed by atoms with E-state index in [1.165, 1.54) is 16.6 Å². The Labute approximate surface area is 118 Å². The quantitative estimate of drug-likeness (QED) is 0.795.